The van der Waals surface area contributed by atoms with Gasteiger partial charge < -0.3 is 20.5 Å². The molecule has 3 rings (SSSR count). The minimum atomic E-state index is -1.05. The lowest BCUT2D eigenvalue weighted by Crippen LogP contribution is -2.30. The van der Waals surface area contributed by atoms with Gasteiger partial charge in [0.2, 0.25) is 11.8 Å². The van der Waals surface area contributed by atoms with Crippen LogP contribution in [0.25, 0.3) is 0 Å². The van der Waals surface area contributed by atoms with E-state index in [2.05, 4.69) is 10.6 Å². The molecule has 0 radical (unpaired) electrons. The number of aliphatic carboxylic acids is 1. The van der Waals surface area contributed by atoms with Gasteiger partial charge in [0.25, 0.3) is 0 Å². The lowest BCUT2D eigenvalue weighted by Gasteiger charge is -2.24. The first-order valence-corrected chi connectivity index (χ1v) is 9.06. The molecule has 0 fully saturated rings. The molecule has 7 heteroatoms. The molecule has 0 saturated heterocycles. The molecule has 1 heterocycles. The predicted octanol–water partition coefficient (Wildman–Crippen LogP) is 2.99. The molecular formula is C21H22N2O5. The Morgan fingerprint density at radius 1 is 1.25 bits per heavy atom. The molecule has 1 aliphatic heterocycles. The molecule has 7 nitrogen and oxygen atoms in total. The van der Waals surface area contributed by atoms with Crippen LogP contribution in [0.3, 0.4) is 0 Å². The van der Waals surface area contributed by atoms with Gasteiger partial charge in [0.1, 0.15) is 5.75 Å². The number of ether oxygens (including phenoxy) is 1. The maximum absolute atomic E-state index is 12.3. The average Bonchev–Trinajstić information content (AvgIpc) is 2.66. The van der Waals surface area contributed by atoms with Gasteiger partial charge in [-0.15, -0.1) is 0 Å². The first kappa shape index (κ1) is 19.4. The molecule has 28 heavy (non-hydrogen) atoms. The minimum Gasteiger partial charge on any atom is -0.482 e. The Balaban J connectivity index is 1.53. The van der Waals surface area contributed by atoms with Gasteiger partial charge in [0.05, 0.1) is 0 Å². The summed E-state index contributed by atoms with van der Waals surface area (Å²) in [6.45, 7) is 1.38. The fraction of sp³-hybridized carbons (Fsp3) is 0.286. The molecular weight excluding hydrogens is 360 g/mol. The van der Waals surface area contributed by atoms with E-state index in [4.69, 9.17) is 9.84 Å². The van der Waals surface area contributed by atoms with E-state index >= 15 is 0 Å². The maximum Gasteiger partial charge on any atom is 0.341 e. The van der Waals surface area contributed by atoms with Crippen molar-refractivity contribution in [3.05, 3.63) is 53.6 Å². The number of nitrogens with one attached hydrogen (secondary N) is 2. The van der Waals surface area contributed by atoms with Gasteiger partial charge in [-0.2, -0.15) is 0 Å². The second-order valence-electron chi connectivity index (χ2n) is 6.79. The average molecular weight is 382 g/mol. The number of aryl methyl sites for hydroxylation is 1. The Kier molecular flexibility index (Phi) is 5.93. The Hall–Kier alpha value is -3.35. The molecule has 3 N–H and O–H groups in total. The van der Waals surface area contributed by atoms with Crippen LogP contribution in [0.1, 0.15) is 24.0 Å². The highest BCUT2D eigenvalue weighted by Crippen LogP contribution is 2.28. The van der Waals surface area contributed by atoms with Crippen LogP contribution in [0.5, 0.6) is 5.75 Å². The van der Waals surface area contributed by atoms with Gasteiger partial charge in [-0.1, -0.05) is 18.2 Å². The zero-order valence-electron chi connectivity index (χ0n) is 15.5. The summed E-state index contributed by atoms with van der Waals surface area (Å²) in [4.78, 5) is 35.1. The summed E-state index contributed by atoms with van der Waals surface area (Å²) in [5.41, 5.74) is 3.32. The monoisotopic (exact) mass is 382 g/mol. The Labute approximate surface area is 162 Å². The molecule has 0 aromatic heterocycles. The summed E-state index contributed by atoms with van der Waals surface area (Å²) in [5.74, 6) is -1.08. The van der Waals surface area contributed by atoms with Gasteiger partial charge in [-0.3, -0.25) is 9.59 Å². The third kappa shape index (κ3) is 4.88. The fourth-order valence-electron chi connectivity index (χ4n) is 3.18. The highest BCUT2D eigenvalue weighted by molar-refractivity contribution is 5.96. The van der Waals surface area contributed by atoms with Crippen molar-refractivity contribution >= 4 is 29.2 Å². The van der Waals surface area contributed by atoms with Crippen LogP contribution in [0.4, 0.5) is 11.4 Å². The van der Waals surface area contributed by atoms with E-state index in [0.29, 0.717) is 24.3 Å². The van der Waals surface area contributed by atoms with Gasteiger partial charge in [0, 0.05) is 23.7 Å². The van der Waals surface area contributed by atoms with Gasteiger partial charge in [-0.25, -0.2) is 4.79 Å². The van der Waals surface area contributed by atoms with E-state index in [1.807, 2.05) is 24.3 Å². The van der Waals surface area contributed by atoms with E-state index in [9.17, 15) is 14.4 Å². The number of carbonyl (C=O) groups is 3. The van der Waals surface area contributed by atoms with Gasteiger partial charge in [-0.05, 0) is 55.2 Å². The summed E-state index contributed by atoms with van der Waals surface area (Å²) >= 11 is 0. The number of fused-ring (bicyclic) bond motifs is 1. The normalized spacial score (nSPS) is 15.3. The SMILES string of the molecule is Cc1cc(OCC(=O)O)ccc1NC(=O)CCC1Cc2ccccc2NC1=O. The Morgan fingerprint density at radius 3 is 2.79 bits per heavy atom. The van der Waals surface area contributed by atoms with Crippen LogP contribution in [-0.2, 0) is 20.8 Å². The standard InChI is InChI=1S/C21H22N2O5/c1-13-10-16(28-12-20(25)26)7-8-17(13)22-19(24)9-6-15-11-14-4-2-3-5-18(14)23-21(15)27/h2-5,7-8,10,15H,6,9,11-12H2,1H3,(H,22,24)(H,23,27)(H,25,26). The quantitative estimate of drug-likeness (QED) is 0.683. The number of carboxylic acid groups (broad SMARTS) is 1. The number of para-hydroxylation sites is 1. The summed E-state index contributed by atoms with van der Waals surface area (Å²) in [6.07, 6.45) is 1.33. The smallest absolute Gasteiger partial charge is 0.341 e. The van der Waals surface area contributed by atoms with Gasteiger partial charge in [0.15, 0.2) is 6.61 Å². The van der Waals surface area contributed by atoms with Crippen molar-refractivity contribution in [2.45, 2.75) is 26.2 Å². The molecule has 1 atom stereocenters. The highest BCUT2D eigenvalue weighted by atomic mass is 16.5. The zero-order valence-corrected chi connectivity index (χ0v) is 15.5. The summed E-state index contributed by atoms with van der Waals surface area (Å²) < 4.78 is 5.12. The largest absolute Gasteiger partial charge is 0.482 e. The third-order valence-corrected chi connectivity index (χ3v) is 4.67. The van der Waals surface area contributed by atoms with Crippen molar-refractivity contribution in [1.29, 1.82) is 0 Å². The molecule has 2 aromatic rings. The number of carboxylic acids is 1. The van der Waals surface area contributed by atoms with E-state index in [1.165, 1.54) is 0 Å². The Morgan fingerprint density at radius 2 is 2.04 bits per heavy atom. The second kappa shape index (κ2) is 8.56. The molecule has 0 spiro atoms. The van der Waals surface area contributed by atoms with Crippen LogP contribution in [0.2, 0.25) is 0 Å². The van der Waals surface area contributed by atoms with Crippen molar-refractivity contribution < 1.29 is 24.2 Å². The number of amides is 2. The van der Waals surface area contributed by atoms with E-state index in [1.54, 1.807) is 25.1 Å². The van der Waals surface area contributed by atoms with Crippen LogP contribution in [0.15, 0.2) is 42.5 Å². The van der Waals surface area contributed by atoms with Gasteiger partial charge >= 0.3 is 5.97 Å². The maximum atomic E-state index is 12.3. The number of hydrogen-bond donors (Lipinski definition) is 3. The molecule has 146 valence electrons. The molecule has 0 saturated carbocycles. The molecule has 2 amide bonds. The van der Waals surface area contributed by atoms with Crippen LogP contribution in [-0.4, -0.2) is 29.5 Å². The van der Waals surface area contributed by atoms with Crippen molar-refractivity contribution in [2.75, 3.05) is 17.2 Å². The number of carbonyl (C=O) groups excluding carboxylic acids is 2. The summed E-state index contributed by atoms with van der Waals surface area (Å²) in [6, 6.07) is 12.6. The summed E-state index contributed by atoms with van der Waals surface area (Å²) in [7, 11) is 0. The van der Waals surface area contributed by atoms with E-state index in [0.717, 1.165) is 16.8 Å². The molecule has 0 bridgehead atoms. The molecule has 1 unspecified atom stereocenters. The highest BCUT2D eigenvalue weighted by Gasteiger charge is 2.26. The van der Waals surface area contributed by atoms with Crippen molar-refractivity contribution in [3.8, 4) is 5.75 Å². The van der Waals surface area contributed by atoms with Crippen LogP contribution < -0.4 is 15.4 Å². The lowest BCUT2D eigenvalue weighted by molar-refractivity contribution is -0.139. The number of hydrogen-bond acceptors (Lipinski definition) is 4. The number of anilines is 2. The number of rotatable bonds is 7. The predicted molar refractivity (Wildman–Crippen MR) is 104 cm³/mol. The van der Waals surface area contributed by atoms with Crippen molar-refractivity contribution in [2.24, 2.45) is 5.92 Å². The first-order chi connectivity index (χ1) is 13.4. The number of benzene rings is 2. The lowest BCUT2D eigenvalue weighted by atomic mass is 9.89. The third-order valence-electron chi connectivity index (χ3n) is 4.67. The fourth-order valence-corrected chi connectivity index (χ4v) is 3.18. The molecule has 0 aliphatic carbocycles. The molecule has 1 aliphatic rings. The summed E-state index contributed by atoms with van der Waals surface area (Å²) in [5, 5.41) is 14.4. The van der Waals surface area contributed by atoms with Crippen LogP contribution >= 0.6 is 0 Å². The molecule has 2 aromatic carbocycles. The van der Waals surface area contributed by atoms with Crippen molar-refractivity contribution in [1.82, 2.24) is 0 Å². The zero-order chi connectivity index (χ0) is 20.1. The first-order valence-electron chi connectivity index (χ1n) is 9.06. The minimum absolute atomic E-state index is 0.0531. The van der Waals surface area contributed by atoms with Crippen molar-refractivity contribution in [3.63, 3.8) is 0 Å². The van der Waals surface area contributed by atoms with Crippen LogP contribution in [0, 0.1) is 12.8 Å². The Bertz CT molecular complexity index is 909. The topological polar surface area (TPSA) is 105 Å². The van der Waals surface area contributed by atoms with E-state index < -0.39 is 12.6 Å². The second-order valence-corrected chi connectivity index (χ2v) is 6.79. The van der Waals surface area contributed by atoms with E-state index in [-0.39, 0.29) is 24.2 Å².